The van der Waals surface area contributed by atoms with Crippen molar-refractivity contribution in [3.63, 3.8) is 0 Å². The summed E-state index contributed by atoms with van der Waals surface area (Å²) in [6.45, 7) is 3.63. The largest absolute Gasteiger partial charge is 0.481 e. The van der Waals surface area contributed by atoms with E-state index in [-0.39, 0.29) is 5.92 Å². The van der Waals surface area contributed by atoms with E-state index >= 15 is 0 Å². The Kier molecular flexibility index (Phi) is 9.13. The SMILES string of the molecule is CC(C)C[C@H](N)C(=O)N[C@@H](CC(=O)O)C(=O)N[C@@H](CC(=O)O)C(=O)O. The lowest BCUT2D eigenvalue weighted by atomic mass is 10.0. The molecule has 0 rings (SSSR count). The molecule has 0 saturated carbocycles. The number of hydrogen-bond donors (Lipinski definition) is 6. The number of aliphatic carboxylic acids is 3. The van der Waals surface area contributed by atoms with Crippen LogP contribution in [-0.2, 0) is 24.0 Å². The molecule has 3 atom stereocenters. The van der Waals surface area contributed by atoms with Crippen LogP contribution in [0.3, 0.4) is 0 Å². The normalized spacial score (nSPS) is 14.2. The summed E-state index contributed by atoms with van der Waals surface area (Å²) in [4.78, 5) is 56.5. The molecule has 0 fully saturated rings. The van der Waals surface area contributed by atoms with Crippen molar-refractivity contribution in [2.75, 3.05) is 0 Å². The molecule has 0 aromatic rings. The second kappa shape index (κ2) is 10.2. The van der Waals surface area contributed by atoms with Crippen LogP contribution in [-0.4, -0.2) is 63.2 Å². The van der Waals surface area contributed by atoms with Crippen molar-refractivity contribution in [3.8, 4) is 0 Å². The molecule has 0 aliphatic carbocycles. The first-order chi connectivity index (χ1) is 11.4. The minimum Gasteiger partial charge on any atom is -0.481 e. The van der Waals surface area contributed by atoms with Gasteiger partial charge in [-0.2, -0.15) is 0 Å². The highest BCUT2D eigenvalue weighted by atomic mass is 16.4. The zero-order valence-electron chi connectivity index (χ0n) is 13.9. The fraction of sp³-hybridized carbons (Fsp3) is 0.643. The van der Waals surface area contributed by atoms with Gasteiger partial charge >= 0.3 is 17.9 Å². The Balaban J connectivity index is 5.08. The van der Waals surface area contributed by atoms with Gasteiger partial charge in [0, 0.05) is 0 Å². The van der Waals surface area contributed by atoms with E-state index < -0.39 is 60.7 Å². The molecule has 0 aromatic heterocycles. The van der Waals surface area contributed by atoms with Crippen LogP contribution in [0.25, 0.3) is 0 Å². The molecule has 11 heteroatoms. The average Bonchev–Trinajstić information content (AvgIpc) is 2.43. The fourth-order valence-corrected chi connectivity index (χ4v) is 1.92. The second-order valence-corrected chi connectivity index (χ2v) is 5.89. The van der Waals surface area contributed by atoms with Crippen LogP contribution in [0.15, 0.2) is 0 Å². The Morgan fingerprint density at radius 2 is 1.28 bits per heavy atom. The van der Waals surface area contributed by atoms with Gasteiger partial charge in [-0.05, 0) is 12.3 Å². The van der Waals surface area contributed by atoms with Gasteiger partial charge in [-0.25, -0.2) is 4.79 Å². The summed E-state index contributed by atoms with van der Waals surface area (Å²) >= 11 is 0. The molecule has 0 spiro atoms. The summed E-state index contributed by atoms with van der Waals surface area (Å²) in [7, 11) is 0. The monoisotopic (exact) mass is 361 g/mol. The zero-order valence-corrected chi connectivity index (χ0v) is 13.9. The lowest BCUT2D eigenvalue weighted by Gasteiger charge is -2.22. The molecule has 7 N–H and O–H groups in total. The standard InChI is InChI=1S/C14H23N3O8/c1-6(2)3-7(15)12(22)16-8(4-10(18)19)13(23)17-9(14(24)25)5-11(20)21/h6-9H,3-5,15H2,1-2H3,(H,16,22)(H,17,23)(H,18,19)(H,20,21)(H,24,25)/t7-,8-,9-/m0/s1. The number of carboxylic acids is 3. The first-order valence-corrected chi connectivity index (χ1v) is 7.46. The van der Waals surface area contributed by atoms with E-state index in [1.54, 1.807) is 0 Å². The van der Waals surface area contributed by atoms with E-state index in [9.17, 15) is 24.0 Å². The van der Waals surface area contributed by atoms with Gasteiger partial charge < -0.3 is 31.7 Å². The highest BCUT2D eigenvalue weighted by Gasteiger charge is 2.30. The van der Waals surface area contributed by atoms with Crippen LogP contribution in [0.5, 0.6) is 0 Å². The highest BCUT2D eigenvalue weighted by molar-refractivity contribution is 5.94. The molecule has 142 valence electrons. The van der Waals surface area contributed by atoms with E-state index in [4.69, 9.17) is 21.1 Å². The Morgan fingerprint density at radius 1 is 0.840 bits per heavy atom. The van der Waals surface area contributed by atoms with E-state index in [1.807, 2.05) is 19.2 Å². The Morgan fingerprint density at radius 3 is 1.68 bits per heavy atom. The zero-order chi connectivity index (χ0) is 19.7. The first kappa shape index (κ1) is 22.3. The van der Waals surface area contributed by atoms with Gasteiger partial charge in [-0.15, -0.1) is 0 Å². The van der Waals surface area contributed by atoms with Gasteiger partial charge in [0.25, 0.3) is 0 Å². The molecule has 25 heavy (non-hydrogen) atoms. The number of carboxylic acid groups (broad SMARTS) is 3. The number of carbonyl (C=O) groups excluding carboxylic acids is 2. The van der Waals surface area contributed by atoms with Crippen molar-refractivity contribution in [1.82, 2.24) is 10.6 Å². The third-order valence-corrected chi connectivity index (χ3v) is 3.07. The molecule has 0 radical (unpaired) electrons. The van der Waals surface area contributed by atoms with Gasteiger partial charge in [0.05, 0.1) is 18.9 Å². The van der Waals surface area contributed by atoms with Crippen molar-refractivity contribution in [2.24, 2.45) is 11.7 Å². The molecular weight excluding hydrogens is 338 g/mol. The predicted octanol–water partition coefficient (Wildman–Crippen LogP) is -1.64. The third kappa shape index (κ3) is 9.25. The highest BCUT2D eigenvalue weighted by Crippen LogP contribution is 2.04. The van der Waals surface area contributed by atoms with E-state index in [1.165, 1.54) is 0 Å². The maximum absolute atomic E-state index is 12.1. The van der Waals surface area contributed by atoms with Crippen LogP contribution in [0.4, 0.5) is 0 Å². The second-order valence-electron chi connectivity index (χ2n) is 5.89. The van der Waals surface area contributed by atoms with Gasteiger partial charge in [0.15, 0.2) is 0 Å². The minimum absolute atomic E-state index is 0.0828. The molecule has 0 aliphatic rings. The Labute approximate surface area is 143 Å². The predicted molar refractivity (Wildman–Crippen MR) is 83.4 cm³/mol. The first-order valence-electron chi connectivity index (χ1n) is 7.46. The van der Waals surface area contributed by atoms with E-state index in [0.717, 1.165) is 0 Å². The molecule has 0 aromatic carbocycles. The number of hydrogen-bond acceptors (Lipinski definition) is 6. The summed E-state index contributed by atoms with van der Waals surface area (Å²) in [5.41, 5.74) is 5.65. The van der Waals surface area contributed by atoms with Crippen molar-refractivity contribution in [3.05, 3.63) is 0 Å². The molecule has 0 bridgehead atoms. The number of carbonyl (C=O) groups is 5. The summed E-state index contributed by atoms with van der Waals surface area (Å²) in [5.74, 6) is -6.29. The topological polar surface area (TPSA) is 196 Å². The lowest BCUT2D eigenvalue weighted by molar-refractivity contribution is -0.148. The molecule has 11 nitrogen and oxygen atoms in total. The lowest BCUT2D eigenvalue weighted by Crippen LogP contribution is -2.55. The Hall–Kier alpha value is -2.69. The van der Waals surface area contributed by atoms with E-state index in [0.29, 0.717) is 6.42 Å². The van der Waals surface area contributed by atoms with Gasteiger partial charge in [0.2, 0.25) is 11.8 Å². The number of amides is 2. The quantitative estimate of drug-likeness (QED) is 0.250. The van der Waals surface area contributed by atoms with Gasteiger partial charge in [-0.3, -0.25) is 19.2 Å². The average molecular weight is 361 g/mol. The number of nitrogens with two attached hydrogens (primary N) is 1. The smallest absolute Gasteiger partial charge is 0.326 e. The molecule has 0 saturated heterocycles. The molecule has 2 amide bonds. The number of nitrogens with one attached hydrogen (secondary N) is 2. The maximum atomic E-state index is 12.1. The summed E-state index contributed by atoms with van der Waals surface area (Å²) in [6, 6.07) is -4.32. The fourth-order valence-electron chi connectivity index (χ4n) is 1.92. The number of rotatable bonds is 11. The molecule has 0 unspecified atom stereocenters. The maximum Gasteiger partial charge on any atom is 0.326 e. The van der Waals surface area contributed by atoms with Crippen molar-refractivity contribution in [1.29, 1.82) is 0 Å². The van der Waals surface area contributed by atoms with Crippen molar-refractivity contribution < 1.29 is 39.3 Å². The molecule has 0 heterocycles. The van der Waals surface area contributed by atoms with Crippen LogP contribution in [0.1, 0.15) is 33.1 Å². The van der Waals surface area contributed by atoms with Crippen molar-refractivity contribution in [2.45, 2.75) is 51.2 Å². The van der Waals surface area contributed by atoms with Crippen LogP contribution in [0, 0.1) is 5.92 Å². The van der Waals surface area contributed by atoms with Gasteiger partial charge in [-0.1, -0.05) is 13.8 Å². The van der Waals surface area contributed by atoms with Crippen LogP contribution < -0.4 is 16.4 Å². The third-order valence-electron chi connectivity index (χ3n) is 3.07. The minimum atomic E-state index is -1.76. The summed E-state index contributed by atoms with van der Waals surface area (Å²) < 4.78 is 0. The van der Waals surface area contributed by atoms with Crippen molar-refractivity contribution >= 4 is 29.7 Å². The van der Waals surface area contributed by atoms with Crippen LogP contribution >= 0.6 is 0 Å². The molecular formula is C14H23N3O8. The summed E-state index contributed by atoms with van der Waals surface area (Å²) in [6.07, 6.45) is -1.42. The summed E-state index contributed by atoms with van der Waals surface area (Å²) in [5, 5.41) is 30.4. The van der Waals surface area contributed by atoms with E-state index in [2.05, 4.69) is 5.32 Å². The van der Waals surface area contributed by atoms with Gasteiger partial charge in [0.1, 0.15) is 12.1 Å². The Bertz CT molecular complexity index is 534. The van der Waals surface area contributed by atoms with Crippen LogP contribution in [0.2, 0.25) is 0 Å². The molecule has 0 aliphatic heterocycles.